The van der Waals surface area contributed by atoms with Crippen LogP contribution in [0.25, 0.3) is 0 Å². The monoisotopic (exact) mass is 423 g/mol. The minimum atomic E-state index is -3.44. The molecular formula is C20H29N3O7. The first-order valence-corrected chi connectivity index (χ1v) is 9.86. The Morgan fingerprint density at radius 1 is 0.567 bits per heavy atom. The lowest BCUT2D eigenvalue weighted by atomic mass is 10.1. The molecule has 0 aromatic carbocycles. The second-order valence-corrected chi connectivity index (χ2v) is 6.50. The Bertz CT molecular complexity index is 633. The molecule has 0 aliphatic heterocycles. The lowest BCUT2D eigenvalue weighted by Gasteiger charge is -2.06. The molecule has 0 atom stereocenters. The first kappa shape index (κ1) is 26.8. The second kappa shape index (κ2) is 16.8. The predicted octanol–water partition coefficient (Wildman–Crippen LogP) is 4.80. The molecule has 0 aliphatic carbocycles. The van der Waals surface area contributed by atoms with Crippen LogP contribution in [-0.4, -0.2) is 26.8 Å². The quantitative estimate of drug-likeness (QED) is 0.0768. The van der Waals surface area contributed by atoms with E-state index in [2.05, 4.69) is 12.2 Å². The molecule has 0 bridgehead atoms. The summed E-state index contributed by atoms with van der Waals surface area (Å²) in [5, 5.41) is 32.3. The van der Waals surface area contributed by atoms with Crippen LogP contribution in [0.15, 0.2) is 48.6 Å². The fourth-order valence-electron chi connectivity index (χ4n) is 2.44. The zero-order chi connectivity index (χ0) is 22.7. The number of carbonyl (C=O) groups is 1. The van der Waals surface area contributed by atoms with Crippen molar-refractivity contribution >= 4 is 6.29 Å². The molecule has 0 aromatic heterocycles. The number of rotatable bonds is 18. The van der Waals surface area contributed by atoms with E-state index in [1.165, 1.54) is 6.08 Å². The Morgan fingerprint density at radius 2 is 0.967 bits per heavy atom. The molecule has 0 heterocycles. The minimum absolute atomic E-state index is 0.365. The summed E-state index contributed by atoms with van der Waals surface area (Å²) < 4.78 is 0. The van der Waals surface area contributed by atoms with E-state index in [-0.39, 0.29) is 0 Å². The second-order valence-electron chi connectivity index (χ2n) is 6.50. The smallest absolute Gasteiger partial charge is 0.303 e. The number of aldehydes is 1. The van der Waals surface area contributed by atoms with Gasteiger partial charge in [-0.2, -0.15) is 0 Å². The van der Waals surface area contributed by atoms with Gasteiger partial charge in [0, 0.05) is 6.42 Å². The summed E-state index contributed by atoms with van der Waals surface area (Å²) in [4.78, 5) is 38.0. The van der Waals surface area contributed by atoms with Crippen molar-refractivity contribution in [1.29, 1.82) is 0 Å². The van der Waals surface area contributed by atoms with Gasteiger partial charge in [0.2, 0.25) is 0 Å². The molecule has 0 unspecified atom stereocenters. The van der Waals surface area contributed by atoms with Gasteiger partial charge < -0.3 is 4.79 Å². The van der Waals surface area contributed by atoms with E-state index < -0.39 is 27.0 Å². The third kappa shape index (κ3) is 11.0. The van der Waals surface area contributed by atoms with Crippen molar-refractivity contribution in [3.8, 4) is 0 Å². The number of allylic oxidation sites excluding steroid dienone is 7. The van der Waals surface area contributed by atoms with Crippen molar-refractivity contribution in [2.24, 2.45) is 0 Å². The standard InChI is InChI=1S/C20H29N3O7/c24-19-17-15-13-11-9-7-5-3-1-2-4-6-8-10-12-14-16-18-20(21(25)26,22(27)28)23(29)30/h2-5,8,10,14,16,19H,1,6-7,9,11-13,15,17-18H2. The molecule has 10 heteroatoms. The molecule has 0 amide bonds. The van der Waals surface area contributed by atoms with Crippen LogP contribution >= 0.6 is 0 Å². The summed E-state index contributed by atoms with van der Waals surface area (Å²) in [6, 6.07) is 0. The first-order chi connectivity index (χ1) is 14.4. The van der Waals surface area contributed by atoms with E-state index in [1.807, 2.05) is 18.2 Å². The van der Waals surface area contributed by atoms with Gasteiger partial charge in [0.1, 0.15) is 6.29 Å². The molecule has 0 aromatic rings. The number of hydrogen-bond donors (Lipinski definition) is 0. The highest BCUT2D eigenvalue weighted by Crippen LogP contribution is 2.18. The molecule has 10 nitrogen and oxygen atoms in total. The van der Waals surface area contributed by atoms with E-state index in [1.54, 1.807) is 6.08 Å². The van der Waals surface area contributed by atoms with Crippen molar-refractivity contribution in [3.05, 3.63) is 79.0 Å². The highest BCUT2D eigenvalue weighted by atomic mass is 16.7. The van der Waals surface area contributed by atoms with Gasteiger partial charge >= 0.3 is 5.79 Å². The van der Waals surface area contributed by atoms with Crippen molar-refractivity contribution in [3.63, 3.8) is 0 Å². The average molecular weight is 423 g/mol. The third-order valence-electron chi connectivity index (χ3n) is 4.19. The Morgan fingerprint density at radius 3 is 1.40 bits per heavy atom. The maximum Gasteiger partial charge on any atom is 0.703 e. The van der Waals surface area contributed by atoms with Gasteiger partial charge in [0.25, 0.3) is 0 Å². The number of carbonyl (C=O) groups excluding carboxylic acids is 1. The molecule has 166 valence electrons. The molecule has 0 fully saturated rings. The van der Waals surface area contributed by atoms with E-state index in [4.69, 9.17) is 0 Å². The number of hydrogen-bond acceptors (Lipinski definition) is 7. The highest BCUT2D eigenvalue weighted by molar-refractivity contribution is 5.48. The fourth-order valence-corrected chi connectivity index (χ4v) is 2.44. The van der Waals surface area contributed by atoms with Crippen LogP contribution in [0.3, 0.4) is 0 Å². The van der Waals surface area contributed by atoms with Gasteiger partial charge in [-0.25, -0.2) is 0 Å². The number of nitrogens with zero attached hydrogens (tertiary/aromatic N) is 3. The molecule has 0 radical (unpaired) electrons. The highest BCUT2D eigenvalue weighted by Gasteiger charge is 2.69. The van der Waals surface area contributed by atoms with Crippen molar-refractivity contribution < 1.29 is 19.6 Å². The molecule has 30 heavy (non-hydrogen) atoms. The molecule has 0 saturated heterocycles. The molecule has 0 N–H and O–H groups in total. The SMILES string of the molecule is O=CCCCCCCC=CCC=CCC=CCC=CCC([N+](=O)[O-])([N+](=O)[O-])[N+](=O)[O-]. The van der Waals surface area contributed by atoms with Crippen LogP contribution in [0, 0.1) is 30.3 Å². The summed E-state index contributed by atoms with van der Waals surface area (Å²) in [6.07, 6.45) is 22.4. The lowest BCUT2D eigenvalue weighted by molar-refractivity contribution is -0.968. The van der Waals surface area contributed by atoms with E-state index >= 15 is 0 Å². The molecule has 0 spiro atoms. The number of nitro groups is 3. The number of unbranched alkanes of at least 4 members (excludes halogenated alkanes) is 5. The minimum Gasteiger partial charge on any atom is -0.303 e. The van der Waals surface area contributed by atoms with Gasteiger partial charge in [-0.1, -0.05) is 61.4 Å². The molecular weight excluding hydrogens is 394 g/mol. The van der Waals surface area contributed by atoms with Gasteiger partial charge in [0.15, 0.2) is 21.2 Å². The predicted molar refractivity (Wildman–Crippen MR) is 113 cm³/mol. The Labute approximate surface area is 175 Å². The van der Waals surface area contributed by atoms with Crippen molar-refractivity contribution in [1.82, 2.24) is 0 Å². The molecule has 0 saturated carbocycles. The summed E-state index contributed by atoms with van der Waals surface area (Å²) in [6.45, 7) is 0. The van der Waals surface area contributed by atoms with Crippen LogP contribution in [0.1, 0.15) is 64.2 Å². The maximum absolute atomic E-state index is 10.8. The van der Waals surface area contributed by atoms with Gasteiger partial charge in [0.05, 0.1) is 0 Å². The Kier molecular flexibility index (Phi) is 15.0. The third-order valence-corrected chi connectivity index (χ3v) is 4.19. The van der Waals surface area contributed by atoms with Crippen LogP contribution in [0.5, 0.6) is 0 Å². The van der Waals surface area contributed by atoms with Crippen molar-refractivity contribution in [2.75, 3.05) is 0 Å². The lowest BCUT2D eigenvalue weighted by Crippen LogP contribution is -2.52. The molecule has 0 aliphatic rings. The Balaban J connectivity index is 3.99. The van der Waals surface area contributed by atoms with Crippen LogP contribution in [0.2, 0.25) is 0 Å². The van der Waals surface area contributed by atoms with E-state index in [9.17, 15) is 35.1 Å². The van der Waals surface area contributed by atoms with Gasteiger partial charge in [-0.15, -0.1) is 0 Å². The van der Waals surface area contributed by atoms with Crippen LogP contribution < -0.4 is 0 Å². The summed E-state index contributed by atoms with van der Waals surface area (Å²) in [7, 11) is 0. The van der Waals surface area contributed by atoms with Gasteiger partial charge in [-0.3, -0.25) is 30.3 Å². The maximum atomic E-state index is 10.8. The summed E-state index contributed by atoms with van der Waals surface area (Å²) >= 11 is 0. The normalized spacial score (nSPS) is 12.4. The molecule has 0 rings (SSSR count). The van der Waals surface area contributed by atoms with E-state index in [0.717, 1.165) is 50.9 Å². The van der Waals surface area contributed by atoms with Crippen molar-refractivity contribution in [2.45, 2.75) is 70.0 Å². The van der Waals surface area contributed by atoms with Gasteiger partial charge in [-0.05, 0) is 38.5 Å². The van der Waals surface area contributed by atoms with Crippen LogP contribution in [-0.2, 0) is 4.79 Å². The largest absolute Gasteiger partial charge is 0.703 e. The zero-order valence-electron chi connectivity index (χ0n) is 17.0. The average Bonchev–Trinajstić information content (AvgIpc) is 2.69. The Hall–Kier alpha value is -3.17. The van der Waals surface area contributed by atoms with Crippen LogP contribution in [0.4, 0.5) is 0 Å². The first-order valence-electron chi connectivity index (χ1n) is 9.86. The van der Waals surface area contributed by atoms with E-state index in [0.29, 0.717) is 19.3 Å². The summed E-state index contributed by atoms with van der Waals surface area (Å²) in [5.41, 5.74) is 0. The summed E-state index contributed by atoms with van der Waals surface area (Å²) in [5.74, 6) is -3.44. The zero-order valence-corrected chi connectivity index (χ0v) is 17.0. The fraction of sp³-hybridized carbons (Fsp3) is 0.550. The topological polar surface area (TPSA) is 146 Å².